The molecule has 0 saturated heterocycles. The summed E-state index contributed by atoms with van der Waals surface area (Å²) >= 11 is 5.01. The van der Waals surface area contributed by atoms with E-state index in [9.17, 15) is 0 Å². The normalized spacial score (nSPS) is 10.6. The van der Waals surface area contributed by atoms with Gasteiger partial charge in [0.2, 0.25) is 0 Å². The van der Waals surface area contributed by atoms with Gasteiger partial charge in [0, 0.05) is 6.42 Å². The minimum absolute atomic E-state index is 0.766. The van der Waals surface area contributed by atoms with E-state index in [1.165, 1.54) is 64.2 Å². The van der Waals surface area contributed by atoms with Gasteiger partial charge < -0.3 is 4.74 Å². The molecule has 0 spiro atoms. The van der Waals surface area contributed by atoms with E-state index in [1.54, 1.807) is 0 Å². The molecule has 0 bridgehead atoms. The van der Waals surface area contributed by atoms with Crippen LogP contribution in [0.3, 0.4) is 0 Å². The van der Waals surface area contributed by atoms with E-state index in [0.717, 1.165) is 24.5 Å². The second kappa shape index (κ2) is 14.9. The molecule has 0 radical (unpaired) electrons. The molecular weight excluding hydrogens is 240 g/mol. The van der Waals surface area contributed by atoms with Gasteiger partial charge in [-0.15, -0.1) is 0 Å². The molecule has 0 aliphatic heterocycles. The molecule has 0 rings (SSSR count). The van der Waals surface area contributed by atoms with E-state index >= 15 is 0 Å². The Bertz CT molecular complexity index is 180. The third-order valence-corrected chi connectivity index (χ3v) is 3.71. The van der Waals surface area contributed by atoms with Crippen molar-refractivity contribution in [3.8, 4) is 0 Å². The van der Waals surface area contributed by atoms with Crippen molar-refractivity contribution in [2.75, 3.05) is 6.61 Å². The second-order valence-corrected chi connectivity index (χ2v) is 5.56. The van der Waals surface area contributed by atoms with Crippen LogP contribution in [0, 0.1) is 0 Å². The Kier molecular flexibility index (Phi) is 14.9. The zero-order valence-corrected chi connectivity index (χ0v) is 13.3. The van der Waals surface area contributed by atoms with Gasteiger partial charge in [-0.25, -0.2) is 0 Å². The van der Waals surface area contributed by atoms with Gasteiger partial charge in [-0.05, 0) is 18.6 Å². The zero-order chi connectivity index (χ0) is 13.5. The average molecular weight is 272 g/mol. The highest BCUT2D eigenvalue weighted by molar-refractivity contribution is 7.80. The summed E-state index contributed by atoms with van der Waals surface area (Å²) in [7, 11) is 0. The fourth-order valence-corrected chi connectivity index (χ4v) is 2.14. The van der Waals surface area contributed by atoms with Gasteiger partial charge >= 0.3 is 0 Å². The van der Waals surface area contributed by atoms with Gasteiger partial charge in [-0.3, -0.25) is 0 Å². The number of rotatable bonds is 13. The molecule has 0 amide bonds. The fourth-order valence-electron chi connectivity index (χ4n) is 2.05. The van der Waals surface area contributed by atoms with Crippen LogP contribution in [-0.2, 0) is 4.74 Å². The van der Waals surface area contributed by atoms with Crippen molar-refractivity contribution in [1.29, 1.82) is 0 Å². The first-order valence-corrected chi connectivity index (χ1v) is 8.37. The highest BCUT2D eigenvalue weighted by atomic mass is 32.1. The predicted molar refractivity (Wildman–Crippen MR) is 85.3 cm³/mol. The molecule has 0 aromatic carbocycles. The molecule has 0 aromatic rings. The highest BCUT2D eigenvalue weighted by Gasteiger charge is 1.95. The molecule has 18 heavy (non-hydrogen) atoms. The third-order valence-electron chi connectivity index (χ3n) is 3.30. The first-order valence-electron chi connectivity index (χ1n) is 7.96. The Morgan fingerprint density at radius 3 is 1.61 bits per heavy atom. The minimum Gasteiger partial charge on any atom is -0.487 e. The topological polar surface area (TPSA) is 9.23 Å². The maximum absolute atomic E-state index is 5.41. The average Bonchev–Trinajstić information content (AvgIpc) is 2.39. The van der Waals surface area contributed by atoms with Crippen LogP contribution in [0.2, 0.25) is 0 Å². The van der Waals surface area contributed by atoms with Gasteiger partial charge in [0.1, 0.15) is 0 Å². The van der Waals surface area contributed by atoms with Gasteiger partial charge in [0.05, 0.1) is 6.61 Å². The molecular formula is C16H32OS. The third kappa shape index (κ3) is 14.0. The van der Waals surface area contributed by atoms with E-state index in [0.29, 0.717) is 0 Å². The van der Waals surface area contributed by atoms with Gasteiger partial charge in [0.15, 0.2) is 5.05 Å². The Balaban J connectivity index is 2.97. The summed E-state index contributed by atoms with van der Waals surface area (Å²) in [6, 6.07) is 0. The van der Waals surface area contributed by atoms with Crippen molar-refractivity contribution in [3.05, 3.63) is 0 Å². The first kappa shape index (κ1) is 17.9. The molecule has 0 aliphatic carbocycles. The molecule has 0 unspecified atom stereocenters. The summed E-state index contributed by atoms with van der Waals surface area (Å²) in [6.45, 7) is 5.14. The molecule has 1 nitrogen and oxygen atoms in total. The lowest BCUT2D eigenvalue weighted by atomic mass is 10.1. The Morgan fingerprint density at radius 1 is 0.722 bits per heavy atom. The molecule has 0 fully saturated rings. The standard InChI is InChI=1S/C16H32OS/c1-3-5-6-7-8-9-10-11-12-13-14-15-17-16(18)4-2/h3-15H2,1-2H3. The lowest BCUT2D eigenvalue weighted by Crippen LogP contribution is -2.01. The van der Waals surface area contributed by atoms with Crippen LogP contribution in [-0.4, -0.2) is 11.7 Å². The molecule has 108 valence electrons. The van der Waals surface area contributed by atoms with Crippen LogP contribution in [0.1, 0.15) is 90.9 Å². The largest absolute Gasteiger partial charge is 0.487 e. The van der Waals surface area contributed by atoms with Crippen molar-refractivity contribution in [1.82, 2.24) is 0 Å². The number of hydrogen-bond donors (Lipinski definition) is 0. The Morgan fingerprint density at radius 2 is 1.17 bits per heavy atom. The molecule has 0 saturated carbocycles. The quantitative estimate of drug-likeness (QED) is 0.298. The van der Waals surface area contributed by atoms with Gasteiger partial charge in [-0.1, -0.05) is 78.1 Å². The summed E-state index contributed by atoms with van der Waals surface area (Å²) in [5.41, 5.74) is 0. The molecule has 0 atom stereocenters. The maximum atomic E-state index is 5.41. The smallest absolute Gasteiger partial charge is 0.159 e. The van der Waals surface area contributed by atoms with Crippen LogP contribution >= 0.6 is 12.2 Å². The summed E-state index contributed by atoms with van der Waals surface area (Å²) in [5.74, 6) is 0. The minimum atomic E-state index is 0.766. The molecule has 0 aromatic heterocycles. The lowest BCUT2D eigenvalue weighted by Gasteiger charge is -2.05. The van der Waals surface area contributed by atoms with Crippen molar-refractivity contribution in [2.45, 2.75) is 90.9 Å². The van der Waals surface area contributed by atoms with Crippen molar-refractivity contribution in [3.63, 3.8) is 0 Å². The van der Waals surface area contributed by atoms with Crippen molar-refractivity contribution >= 4 is 17.3 Å². The number of unbranched alkanes of at least 4 members (excludes halogenated alkanes) is 10. The van der Waals surface area contributed by atoms with E-state index in [4.69, 9.17) is 17.0 Å². The summed E-state index contributed by atoms with van der Waals surface area (Å²) in [5, 5.41) is 0.766. The first-order chi connectivity index (χ1) is 8.81. The SMILES string of the molecule is CCCCCCCCCCCCCOC(=S)CC. The number of ether oxygens (including phenoxy) is 1. The molecule has 0 heterocycles. The number of thiocarbonyl (C=S) groups is 1. The fraction of sp³-hybridized carbons (Fsp3) is 0.938. The van der Waals surface area contributed by atoms with Crippen molar-refractivity contribution in [2.24, 2.45) is 0 Å². The summed E-state index contributed by atoms with van der Waals surface area (Å²) < 4.78 is 5.41. The summed E-state index contributed by atoms with van der Waals surface area (Å²) in [6.07, 6.45) is 16.0. The van der Waals surface area contributed by atoms with Crippen LogP contribution in [0.15, 0.2) is 0 Å². The number of hydrogen-bond acceptors (Lipinski definition) is 2. The summed E-state index contributed by atoms with van der Waals surface area (Å²) in [4.78, 5) is 0. The lowest BCUT2D eigenvalue weighted by molar-refractivity contribution is 0.293. The van der Waals surface area contributed by atoms with E-state index in [2.05, 4.69) is 6.92 Å². The zero-order valence-electron chi connectivity index (χ0n) is 12.5. The highest BCUT2D eigenvalue weighted by Crippen LogP contribution is 2.11. The predicted octanol–water partition coefficient (Wildman–Crippen LogP) is 6.05. The molecule has 2 heteroatoms. The maximum Gasteiger partial charge on any atom is 0.159 e. The molecule has 0 aliphatic rings. The van der Waals surface area contributed by atoms with Crippen molar-refractivity contribution < 1.29 is 4.74 Å². The molecule has 0 N–H and O–H groups in total. The van der Waals surface area contributed by atoms with E-state index < -0.39 is 0 Å². The second-order valence-electron chi connectivity index (χ2n) is 5.11. The van der Waals surface area contributed by atoms with Crippen LogP contribution in [0.25, 0.3) is 0 Å². The Labute approximate surface area is 120 Å². The Hall–Kier alpha value is -0.110. The van der Waals surface area contributed by atoms with Gasteiger partial charge in [-0.2, -0.15) is 0 Å². The van der Waals surface area contributed by atoms with E-state index in [-0.39, 0.29) is 0 Å². The van der Waals surface area contributed by atoms with Crippen LogP contribution in [0.5, 0.6) is 0 Å². The van der Waals surface area contributed by atoms with Gasteiger partial charge in [0.25, 0.3) is 0 Å². The monoisotopic (exact) mass is 272 g/mol. The van der Waals surface area contributed by atoms with Crippen LogP contribution < -0.4 is 0 Å². The van der Waals surface area contributed by atoms with Crippen LogP contribution in [0.4, 0.5) is 0 Å². The van der Waals surface area contributed by atoms with E-state index in [1.807, 2.05) is 6.92 Å².